The van der Waals surface area contributed by atoms with E-state index in [0.29, 0.717) is 44.9 Å². The number of rotatable bonds is 16. The summed E-state index contributed by atoms with van der Waals surface area (Å²) < 4.78 is 43.4. The third-order valence-corrected chi connectivity index (χ3v) is 19.3. The summed E-state index contributed by atoms with van der Waals surface area (Å²) in [5.74, 6) is -1.31. The number of carbonyl (C=O) groups is 3. The van der Waals surface area contributed by atoms with Gasteiger partial charge in [0, 0.05) is 13.8 Å². The molecule has 3 saturated heterocycles. The molecule has 2 unspecified atom stereocenters. The summed E-state index contributed by atoms with van der Waals surface area (Å²) in [6.07, 6.45) is -14.9. The Morgan fingerprint density at radius 3 is 2.00 bits per heavy atom. The molecule has 0 radical (unpaired) electrons. The van der Waals surface area contributed by atoms with Crippen molar-refractivity contribution in [1.29, 1.82) is 0 Å². The average Bonchev–Trinajstić information content (AvgIpc) is 3.64. The Hall–Kier alpha value is -2.41. The molecule has 7 aliphatic rings. The van der Waals surface area contributed by atoms with Gasteiger partial charge in [0.2, 0.25) is 5.91 Å². The molecule has 5 fully saturated rings. The Morgan fingerprint density at radius 1 is 0.750 bits per heavy atom. The number of amides is 1. The SMILES string of the molecule is CC(=O)N[C@H]1[C@H](O[C@H]2[C@H](OC3CC[C@]4(C)C5=C(CC[C@H]4C3(C)C)[C@]3(C(=O)O)CC[C@H]([C@H](C)CCC(C)(OC(C)=O)C(C)C)[C@@]3(C)CC5)O[C@H](CO)[C@H](O)[C@@H]2O[C@@H]2OC[C@H](O)[C@H](O)[C@H]2O)O[C@H](CO)[C@H](O)[C@@H]1O. The van der Waals surface area contributed by atoms with Gasteiger partial charge in [0.1, 0.15) is 72.7 Å². The van der Waals surface area contributed by atoms with Crippen LogP contribution in [0.2, 0.25) is 0 Å². The average molecular weight is 1030 g/mol. The van der Waals surface area contributed by atoms with E-state index in [0.717, 1.165) is 24.8 Å². The molecule has 22 atom stereocenters. The zero-order chi connectivity index (χ0) is 53.2. The number of ether oxygens (including phenoxy) is 7. The third kappa shape index (κ3) is 9.95. The first-order chi connectivity index (χ1) is 33.6. The van der Waals surface area contributed by atoms with Gasteiger partial charge in [-0.2, -0.15) is 0 Å². The van der Waals surface area contributed by atoms with Gasteiger partial charge in [0.05, 0.1) is 31.3 Å². The highest BCUT2D eigenvalue weighted by Crippen LogP contribution is 2.73. The Balaban J connectivity index is 1.19. The number of aliphatic hydroxyl groups is 8. The van der Waals surface area contributed by atoms with Crippen LogP contribution in [0.1, 0.15) is 133 Å². The second-order valence-electron chi connectivity index (χ2n) is 23.9. The quantitative estimate of drug-likeness (QED) is 0.0779. The molecule has 10 N–H and O–H groups in total. The maximum atomic E-state index is 14.1. The van der Waals surface area contributed by atoms with Crippen LogP contribution in [0.25, 0.3) is 0 Å². The number of carbonyl (C=O) groups excluding carboxylic acids is 2. The van der Waals surface area contributed by atoms with Crippen LogP contribution in [0.3, 0.4) is 0 Å². The maximum Gasteiger partial charge on any atom is 0.314 e. The lowest BCUT2D eigenvalue weighted by Gasteiger charge is -2.62. The van der Waals surface area contributed by atoms with Crippen LogP contribution in [-0.4, -0.2) is 181 Å². The lowest BCUT2D eigenvalue weighted by Crippen LogP contribution is -2.69. The number of aliphatic carboxylic acids is 1. The van der Waals surface area contributed by atoms with Crippen molar-refractivity contribution in [3.05, 3.63) is 11.1 Å². The third-order valence-electron chi connectivity index (χ3n) is 19.3. The fourth-order valence-electron chi connectivity index (χ4n) is 14.9. The number of hydrogen-bond donors (Lipinski definition) is 10. The zero-order valence-corrected chi connectivity index (χ0v) is 43.8. The van der Waals surface area contributed by atoms with E-state index in [-0.39, 0.29) is 29.6 Å². The molecule has 7 rings (SSSR count). The number of fused-ring (bicyclic) bond motifs is 4. The first-order valence-electron chi connectivity index (χ1n) is 26.3. The van der Waals surface area contributed by atoms with Crippen LogP contribution in [-0.2, 0) is 47.5 Å². The van der Waals surface area contributed by atoms with E-state index in [9.17, 15) is 60.3 Å². The second-order valence-corrected chi connectivity index (χ2v) is 23.9. The smallest absolute Gasteiger partial charge is 0.314 e. The Labute approximate surface area is 423 Å². The maximum absolute atomic E-state index is 14.1. The van der Waals surface area contributed by atoms with Crippen LogP contribution in [0.5, 0.6) is 0 Å². The van der Waals surface area contributed by atoms with Crippen molar-refractivity contribution in [1.82, 2.24) is 5.32 Å². The molecule has 20 nitrogen and oxygen atoms in total. The van der Waals surface area contributed by atoms with Crippen molar-refractivity contribution in [2.45, 2.75) is 231 Å². The van der Waals surface area contributed by atoms with Gasteiger partial charge in [-0.1, -0.05) is 59.6 Å². The molecule has 4 aliphatic carbocycles. The molecule has 3 heterocycles. The highest BCUT2D eigenvalue weighted by molar-refractivity contribution is 5.82. The van der Waals surface area contributed by atoms with Gasteiger partial charge >= 0.3 is 11.9 Å². The molecule has 20 heteroatoms. The fraction of sp³-hybridized carbons (Fsp3) is 0.904. The number of nitrogens with one attached hydrogen (secondary N) is 1. The van der Waals surface area contributed by atoms with Gasteiger partial charge in [-0.3, -0.25) is 14.4 Å². The van der Waals surface area contributed by atoms with Crippen LogP contribution in [0.4, 0.5) is 0 Å². The largest absolute Gasteiger partial charge is 0.481 e. The molecule has 3 aliphatic heterocycles. The van der Waals surface area contributed by atoms with Gasteiger partial charge in [0.25, 0.3) is 0 Å². The van der Waals surface area contributed by atoms with E-state index in [2.05, 4.69) is 53.8 Å². The minimum atomic E-state index is -1.82. The van der Waals surface area contributed by atoms with Gasteiger partial charge in [-0.15, -0.1) is 0 Å². The minimum Gasteiger partial charge on any atom is -0.481 e. The highest BCUT2D eigenvalue weighted by atomic mass is 16.8. The van der Waals surface area contributed by atoms with E-state index in [4.69, 9.17) is 33.2 Å². The molecular formula is C52H85NO19. The molecule has 72 heavy (non-hydrogen) atoms. The summed E-state index contributed by atoms with van der Waals surface area (Å²) >= 11 is 0. The van der Waals surface area contributed by atoms with Gasteiger partial charge in [-0.25, -0.2) is 0 Å². The highest BCUT2D eigenvalue weighted by Gasteiger charge is 2.69. The second kappa shape index (κ2) is 21.5. The van der Waals surface area contributed by atoms with Crippen LogP contribution >= 0.6 is 0 Å². The zero-order valence-electron chi connectivity index (χ0n) is 43.8. The standard InChI is InChI=1S/C52H85NO19/c1-24(2)51(10,72-27(5)57)19-13-25(3)28-15-20-52(47(64)65)30-11-12-34-48(6,7)35(16-17-49(34,8)29(30)14-18-50(28,52)9)69-46-43(71-44-36(53-26(4)56)40(62)38(60)32(21-54)67-44)42(39(61)33(22-55)68-46)70-45-41(63)37(59)31(58)23-66-45/h24-25,28,31-46,54-55,58-63H,11-23H2,1-10H3,(H,53,56)(H,64,65)/t25-,28-,31+,32-,33-,34+,35?,36-,37+,38+,39+,40-,41-,42+,43-,44+,45+,46+,49-,50-,51?,52+/m1/s1. The van der Waals surface area contributed by atoms with Crippen LogP contribution < -0.4 is 5.32 Å². The van der Waals surface area contributed by atoms with Crippen LogP contribution in [0.15, 0.2) is 11.1 Å². The molecule has 1 amide bonds. The predicted molar refractivity (Wildman–Crippen MR) is 254 cm³/mol. The molecule has 0 aromatic carbocycles. The van der Waals surface area contributed by atoms with Crippen molar-refractivity contribution in [3.63, 3.8) is 0 Å². The first-order valence-corrected chi connectivity index (χ1v) is 26.3. The summed E-state index contributed by atoms with van der Waals surface area (Å²) in [6.45, 7) is 17.6. The Bertz CT molecular complexity index is 1990. The molecule has 0 spiro atoms. The summed E-state index contributed by atoms with van der Waals surface area (Å²) in [4.78, 5) is 38.7. The Morgan fingerprint density at radius 2 is 1.39 bits per heavy atom. The molecule has 412 valence electrons. The van der Waals surface area contributed by atoms with E-state index in [1.54, 1.807) is 0 Å². The summed E-state index contributed by atoms with van der Waals surface area (Å²) in [7, 11) is 0. The molecule has 2 saturated carbocycles. The summed E-state index contributed by atoms with van der Waals surface area (Å²) in [5.41, 5.74) is -0.966. The van der Waals surface area contributed by atoms with Gasteiger partial charge < -0.3 is 84.4 Å². The molecule has 0 aromatic rings. The van der Waals surface area contributed by atoms with Gasteiger partial charge in [-0.05, 0) is 111 Å². The lowest BCUT2D eigenvalue weighted by atomic mass is 9.43. The Kier molecular flexibility index (Phi) is 17.1. The predicted octanol–water partition coefficient (Wildman–Crippen LogP) is 1.81. The number of hydrogen-bond acceptors (Lipinski definition) is 18. The molecule has 0 bridgehead atoms. The van der Waals surface area contributed by atoms with E-state index in [1.165, 1.54) is 19.4 Å². The molecular weight excluding hydrogens is 943 g/mol. The number of aliphatic hydroxyl groups excluding tert-OH is 8. The number of carboxylic acid groups (broad SMARTS) is 1. The van der Waals surface area contributed by atoms with Gasteiger partial charge in [0.15, 0.2) is 18.9 Å². The van der Waals surface area contributed by atoms with E-state index >= 15 is 0 Å². The van der Waals surface area contributed by atoms with Crippen LogP contribution in [0, 0.1) is 45.3 Å². The summed E-state index contributed by atoms with van der Waals surface area (Å²) in [5, 5.41) is 100. The van der Waals surface area contributed by atoms with Crippen molar-refractivity contribution < 1.29 is 93.5 Å². The minimum absolute atomic E-state index is 0.0236. The normalized spacial score (nSPS) is 45.3. The van der Waals surface area contributed by atoms with Crippen molar-refractivity contribution in [2.24, 2.45) is 45.3 Å². The number of esters is 1. The van der Waals surface area contributed by atoms with E-state index < -0.39 is 151 Å². The van der Waals surface area contributed by atoms with E-state index in [1.807, 2.05) is 6.92 Å². The monoisotopic (exact) mass is 1030 g/mol. The lowest BCUT2D eigenvalue weighted by molar-refractivity contribution is -0.389. The topological polar surface area (TPSA) is 310 Å². The number of allylic oxidation sites excluding steroid dienone is 1. The molecule has 0 aromatic heterocycles. The first kappa shape index (κ1) is 57.3. The van der Waals surface area contributed by atoms with Crippen molar-refractivity contribution in [2.75, 3.05) is 19.8 Å². The van der Waals surface area contributed by atoms with Crippen molar-refractivity contribution >= 4 is 17.8 Å². The fourth-order valence-corrected chi connectivity index (χ4v) is 14.9. The summed E-state index contributed by atoms with van der Waals surface area (Å²) in [6, 6.07) is -1.45. The van der Waals surface area contributed by atoms with Crippen molar-refractivity contribution in [3.8, 4) is 0 Å². The number of carboxylic acids is 1.